The zero-order valence-electron chi connectivity index (χ0n) is 18.2. The molecule has 2 aliphatic heterocycles. The summed E-state index contributed by atoms with van der Waals surface area (Å²) in [5, 5.41) is 10.0. The quantitative estimate of drug-likeness (QED) is 0.639. The van der Waals surface area contributed by atoms with Crippen LogP contribution in [0.15, 0.2) is 36.4 Å². The molecule has 7 heteroatoms. The topological polar surface area (TPSA) is 79.5 Å². The molecule has 164 valence electrons. The van der Waals surface area contributed by atoms with Crippen LogP contribution >= 0.6 is 11.6 Å². The van der Waals surface area contributed by atoms with Crippen molar-refractivity contribution in [3.05, 3.63) is 52.5 Å². The summed E-state index contributed by atoms with van der Waals surface area (Å²) >= 11 is 6.14. The summed E-state index contributed by atoms with van der Waals surface area (Å²) in [6, 6.07) is 11.0. The fourth-order valence-electron chi connectivity index (χ4n) is 4.95. The van der Waals surface area contributed by atoms with Crippen LogP contribution in [0.4, 0.5) is 11.4 Å². The van der Waals surface area contributed by atoms with Crippen molar-refractivity contribution in [2.45, 2.75) is 45.2 Å². The van der Waals surface area contributed by atoms with E-state index in [2.05, 4.69) is 29.8 Å². The lowest BCUT2D eigenvalue weighted by Crippen LogP contribution is -2.52. The average Bonchev–Trinajstić information content (AvgIpc) is 3.22. The summed E-state index contributed by atoms with van der Waals surface area (Å²) in [6.45, 7) is 6.25. The highest BCUT2D eigenvalue weighted by molar-refractivity contribution is 6.31. The molecule has 2 heterocycles. The summed E-state index contributed by atoms with van der Waals surface area (Å²) in [6.07, 6.45) is 1.44. The molecule has 3 unspecified atom stereocenters. The highest BCUT2D eigenvalue weighted by atomic mass is 35.5. The van der Waals surface area contributed by atoms with Crippen molar-refractivity contribution in [3.8, 4) is 5.75 Å². The fraction of sp³-hybridized carbons (Fsp3) is 0.417. The molecule has 0 saturated carbocycles. The Bertz CT molecular complexity index is 1040. The van der Waals surface area contributed by atoms with Crippen LogP contribution in [0, 0.1) is 18.8 Å². The second-order valence-corrected chi connectivity index (χ2v) is 9.29. The molecule has 2 aromatic rings. The van der Waals surface area contributed by atoms with Crippen LogP contribution in [0.1, 0.15) is 37.8 Å². The third-order valence-corrected chi connectivity index (χ3v) is 6.50. The number of carbonyl (C=O) groups excluding carboxylic acids is 2. The van der Waals surface area contributed by atoms with E-state index in [-0.39, 0.29) is 17.9 Å². The molecule has 1 spiro atoms. The van der Waals surface area contributed by atoms with Crippen LogP contribution in [0.3, 0.4) is 0 Å². The fourth-order valence-corrected chi connectivity index (χ4v) is 5.13. The minimum atomic E-state index is -1.10. The van der Waals surface area contributed by atoms with Crippen molar-refractivity contribution in [2.75, 3.05) is 17.7 Å². The standard InChI is InChI=1S/C24H28ClN3O3/c1-13(2)10-16-12-18(22(29)26-19-11-15(25)8-9-20(19)31-4)24(28-16)17-7-5-6-14(3)21(17)27-23(24)30/h5-9,11,13,16,18,28H,10,12H2,1-4H3,(H,26,29)(H,27,30). The highest BCUT2D eigenvalue weighted by Gasteiger charge is 2.60. The van der Waals surface area contributed by atoms with Crippen molar-refractivity contribution in [1.82, 2.24) is 5.32 Å². The lowest BCUT2D eigenvalue weighted by molar-refractivity contribution is -0.130. The maximum Gasteiger partial charge on any atom is 0.250 e. The van der Waals surface area contributed by atoms with E-state index in [0.29, 0.717) is 28.8 Å². The van der Waals surface area contributed by atoms with Crippen molar-refractivity contribution < 1.29 is 14.3 Å². The van der Waals surface area contributed by atoms with Gasteiger partial charge in [-0.3, -0.25) is 14.9 Å². The molecule has 3 N–H and O–H groups in total. The Hall–Kier alpha value is -2.57. The molecule has 0 bridgehead atoms. The molecule has 2 aliphatic rings. The van der Waals surface area contributed by atoms with Gasteiger partial charge in [0.2, 0.25) is 11.8 Å². The minimum Gasteiger partial charge on any atom is -0.495 e. The Morgan fingerprint density at radius 2 is 2.10 bits per heavy atom. The first-order chi connectivity index (χ1) is 14.8. The Kier molecular flexibility index (Phi) is 5.71. The van der Waals surface area contributed by atoms with Gasteiger partial charge < -0.3 is 15.4 Å². The van der Waals surface area contributed by atoms with Gasteiger partial charge in [0, 0.05) is 22.3 Å². The molecular formula is C24H28ClN3O3. The number of rotatable bonds is 5. The predicted molar refractivity (Wildman–Crippen MR) is 123 cm³/mol. The molecule has 4 rings (SSSR count). The van der Waals surface area contributed by atoms with E-state index in [9.17, 15) is 9.59 Å². The Balaban J connectivity index is 1.75. The largest absolute Gasteiger partial charge is 0.495 e. The number of benzene rings is 2. The number of hydrogen-bond donors (Lipinski definition) is 3. The van der Waals surface area contributed by atoms with Crippen molar-refractivity contribution in [2.24, 2.45) is 11.8 Å². The van der Waals surface area contributed by atoms with Gasteiger partial charge in [-0.05, 0) is 49.4 Å². The van der Waals surface area contributed by atoms with E-state index in [1.165, 1.54) is 0 Å². The maximum atomic E-state index is 13.6. The molecule has 2 amide bonds. The lowest BCUT2D eigenvalue weighted by Gasteiger charge is -2.29. The number of carbonyl (C=O) groups is 2. The van der Waals surface area contributed by atoms with Gasteiger partial charge in [-0.15, -0.1) is 0 Å². The Labute approximate surface area is 187 Å². The minimum absolute atomic E-state index is 0.0502. The number of methoxy groups -OCH3 is 1. The number of aryl methyl sites for hydroxylation is 1. The summed E-state index contributed by atoms with van der Waals surface area (Å²) in [5.41, 5.74) is 2.00. The molecule has 1 fully saturated rings. The van der Waals surface area contributed by atoms with E-state index in [1.807, 2.05) is 25.1 Å². The molecule has 0 aliphatic carbocycles. The average molecular weight is 442 g/mol. The summed E-state index contributed by atoms with van der Waals surface area (Å²) in [5.74, 6) is -0.0393. The molecular weight excluding hydrogens is 414 g/mol. The molecule has 0 radical (unpaired) electrons. The molecule has 0 aromatic heterocycles. The third-order valence-electron chi connectivity index (χ3n) is 6.26. The maximum absolute atomic E-state index is 13.6. The highest BCUT2D eigenvalue weighted by Crippen LogP contribution is 2.49. The summed E-state index contributed by atoms with van der Waals surface area (Å²) < 4.78 is 5.38. The molecule has 3 atom stereocenters. The second-order valence-electron chi connectivity index (χ2n) is 8.85. The van der Waals surface area contributed by atoms with E-state index in [1.54, 1.807) is 25.3 Å². The summed E-state index contributed by atoms with van der Waals surface area (Å²) in [7, 11) is 1.54. The lowest BCUT2D eigenvalue weighted by atomic mass is 9.79. The van der Waals surface area contributed by atoms with E-state index >= 15 is 0 Å². The number of hydrogen-bond acceptors (Lipinski definition) is 4. The number of ether oxygens (including phenoxy) is 1. The van der Waals surface area contributed by atoms with Gasteiger partial charge in [-0.2, -0.15) is 0 Å². The van der Waals surface area contributed by atoms with Crippen LogP contribution in [-0.4, -0.2) is 25.0 Å². The van der Waals surface area contributed by atoms with Crippen LogP contribution in [0.2, 0.25) is 5.02 Å². The number of anilines is 2. The number of nitrogens with one attached hydrogen (secondary N) is 3. The van der Waals surface area contributed by atoms with E-state index in [4.69, 9.17) is 16.3 Å². The van der Waals surface area contributed by atoms with Gasteiger partial charge in [-0.1, -0.05) is 43.6 Å². The van der Waals surface area contributed by atoms with E-state index < -0.39 is 11.5 Å². The zero-order chi connectivity index (χ0) is 22.3. The predicted octanol–water partition coefficient (Wildman–Crippen LogP) is 4.47. The van der Waals surface area contributed by atoms with Gasteiger partial charge in [0.15, 0.2) is 0 Å². The van der Waals surface area contributed by atoms with Crippen molar-refractivity contribution in [3.63, 3.8) is 0 Å². The van der Waals surface area contributed by atoms with Gasteiger partial charge >= 0.3 is 0 Å². The number of para-hydroxylation sites is 1. The van der Waals surface area contributed by atoms with Gasteiger partial charge in [-0.25, -0.2) is 0 Å². The zero-order valence-corrected chi connectivity index (χ0v) is 19.0. The van der Waals surface area contributed by atoms with Crippen LogP contribution in [-0.2, 0) is 15.1 Å². The SMILES string of the molecule is COc1ccc(Cl)cc1NC(=O)C1CC(CC(C)C)NC12C(=O)Nc1c(C)cccc12. The van der Waals surface area contributed by atoms with Crippen LogP contribution in [0.25, 0.3) is 0 Å². The number of fused-ring (bicyclic) bond motifs is 2. The molecule has 6 nitrogen and oxygen atoms in total. The third kappa shape index (κ3) is 3.68. The first-order valence-corrected chi connectivity index (χ1v) is 11.0. The number of halogens is 1. The van der Waals surface area contributed by atoms with Crippen molar-refractivity contribution in [1.29, 1.82) is 0 Å². The van der Waals surface area contributed by atoms with E-state index in [0.717, 1.165) is 23.2 Å². The smallest absolute Gasteiger partial charge is 0.250 e. The molecule has 2 aromatic carbocycles. The Morgan fingerprint density at radius 3 is 2.81 bits per heavy atom. The van der Waals surface area contributed by atoms with Crippen LogP contribution < -0.4 is 20.7 Å². The Morgan fingerprint density at radius 1 is 1.32 bits per heavy atom. The first-order valence-electron chi connectivity index (χ1n) is 10.6. The normalized spacial score (nSPS) is 24.4. The molecule has 31 heavy (non-hydrogen) atoms. The summed E-state index contributed by atoms with van der Waals surface area (Å²) in [4.78, 5) is 27.0. The van der Waals surface area contributed by atoms with Crippen LogP contribution in [0.5, 0.6) is 5.75 Å². The molecule has 1 saturated heterocycles. The number of amides is 2. The van der Waals surface area contributed by atoms with Gasteiger partial charge in [0.05, 0.1) is 18.7 Å². The first kappa shape index (κ1) is 21.7. The van der Waals surface area contributed by atoms with Gasteiger partial charge in [0.25, 0.3) is 0 Å². The van der Waals surface area contributed by atoms with Gasteiger partial charge in [0.1, 0.15) is 11.3 Å². The monoisotopic (exact) mass is 441 g/mol. The van der Waals surface area contributed by atoms with Crippen molar-refractivity contribution >= 4 is 34.8 Å². The second kappa shape index (κ2) is 8.17.